The molecule has 1 heterocycles. The van der Waals surface area contributed by atoms with Crippen LogP contribution in [0.25, 0.3) is 0 Å². The van der Waals surface area contributed by atoms with Crippen molar-refractivity contribution in [2.45, 2.75) is 36.0 Å². The standard InChI is InChI=1S/C23H28N2O6S/c1-30-18-7-10-20(11-8-18)32(28,29)25-21-12-9-19(31-22(21)16-26)15-23(27)24-14-13-17-5-3-2-4-6-17/h2-12,19,21-22,25-26H,13-16H2,1H3,(H,24,27)/t19-,21+,22+/m1/s1. The molecule has 0 saturated heterocycles. The van der Waals surface area contributed by atoms with Crippen molar-refractivity contribution < 1.29 is 27.8 Å². The number of sulfonamides is 1. The van der Waals surface area contributed by atoms with Gasteiger partial charge in [0, 0.05) is 6.54 Å². The number of hydrogen-bond donors (Lipinski definition) is 3. The van der Waals surface area contributed by atoms with E-state index in [2.05, 4.69) is 10.0 Å². The summed E-state index contributed by atoms with van der Waals surface area (Å²) in [6.45, 7) is 0.110. The number of amides is 1. The minimum absolute atomic E-state index is 0.0725. The maximum absolute atomic E-state index is 12.7. The minimum Gasteiger partial charge on any atom is -0.497 e. The van der Waals surface area contributed by atoms with Crippen LogP contribution in [0.2, 0.25) is 0 Å². The lowest BCUT2D eigenvalue weighted by Gasteiger charge is -2.31. The molecule has 3 rings (SSSR count). The van der Waals surface area contributed by atoms with Crippen molar-refractivity contribution in [2.75, 3.05) is 20.3 Å². The number of hydrogen-bond acceptors (Lipinski definition) is 6. The number of aliphatic hydroxyl groups is 1. The molecule has 8 nitrogen and oxygen atoms in total. The number of carbonyl (C=O) groups excluding carboxylic acids is 1. The number of benzene rings is 2. The molecule has 0 spiro atoms. The molecule has 1 aliphatic heterocycles. The second kappa shape index (κ2) is 11.2. The highest BCUT2D eigenvalue weighted by atomic mass is 32.2. The summed E-state index contributed by atoms with van der Waals surface area (Å²) in [6, 6.07) is 15.1. The van der Waals surface area contributed by atoms with Crippen LogP contribution in [-0.2, 0) is 26.0 Å². The quantitative estimate of drug-likeness (QED) is 0.462. The first-order valence-electron chi connectivity index (χ1n) is 10.3. The first kappa shape index (κ1) is 23.9. The highest BCUT2D eigenvalue weighted by Crippen LogP contribution is 2.20. The Morgan fingerprint density at radius 3 is 2.47 bits per heavy atom. The van der Waals surface area contributed by atoms with Crippen LogP contribution in [-0.4, -0.2) is 57.9 Å². The molecule has 1 amide bonds. The van der Waals surface area contributed by atoms with Crippen molar-refractivity contribution in [1.29, 1.82) is 0 Å². The summed E-state index contributed by atoms with van der Waals surface area (Å²) in [7, 11) is -2.34. The fourth-order valence-corrected chi connectivity index (χ4v) is 4.58. The fourth-order valence-electron chi connectivity index (χ4n) is 3.36. The number of methoxy groups -OCH3 is 1. The van der Waals surface area contributed by atoms with Crippen molar-refractivity contribution in [2.24, 2.45) is 0 Å². The third-order valence-electron chi connectivity index (χ3n) is 5.09. The number of ether oxygens (including phenoxy) is 2. The second-order valence-electron chi connectivity index (χ2n) is 7.39. The average molecular weight is 461 g/mol. The zero-order chi connectivity index (χ0) is 23.0. The van der Waals surface area contributed by atoms with Crippen LogP contribution >= 0.6 is 0 Å². The number of carbonyl (C=O) groups is 1. The van der Waals surface area contributed by atoms with Gasteiger partial charge in [0.15, 0.2) is 0 Å². The van der Waals surface area contributed by atoms with Crippen LogP contribution < -0.4 is 14.8 Å². The van der Waals surface area contributed by atoms with Gasteiger partial charge in [0.05, 0.1) is 37.2 Å². The Balaban J connectivity index is 1.53. The zero-order valence-corrected chi connectivity index (χ0v) is 18.6. The van der Waals surface area contributed by atoms with Gasteiger partial charge in [0.25, 0.3) is 0 Å². The Labute approximate surface area is 188 Å². The van der Waals surface area contributed by atoms with Gasteiger partial charge in [0.1, 0.15) is 11.9 Å². The van der Waals surface area contributed by atoms with Crippen LogP contribution in [0, 0.1) is 0 Å². The first-order valence-corrected chi connectivity index (χ1v) is 11.8. The van der Waals surface area contributed by atoms with E-state index in [0.29, 0.717) is 12.3 Å². The van der Waals surface area contributed by atoms with Gasteiger partial charge >= 0.3 is 0 Å². The van der Waals surface area contributed by atoms with Crippen molar-refractivity contribution in [3.05, 3.63) is 72.3 Å². The molecule has 3 N–H and O–H groups in total. The topological polar surface area (TPSA) is 114 Å². The number of nitrogens with one attached hydrogen (secondary N) is 2. The summed E-state index contributed by atoms with van der Waals surface area (Å²) < 4.78 is 38.7. The Morgan fingerprint density at radius 1 is 1.09 bits per heavy atom. The summed E-state index contributed by atoms with van der Waals surface area (Å²) in [5, 5.41) is 12.6. The molecular weight excluding hydrogens is 432 g/mol. The lowest BCUT2D eigenvalue weighted by molar-refractivity contribution is -0.125. The molecule has 0 fully saturated rings. The van der Waals surface area contributed by atoms with E-state index in [-0.39, 0.29) is 17.2 Å². The SMILES string of the molecule is COc1ccc(S(=O)(=O)N[C@H]2C=C[C@H](CC(=O)NCCc3ccccc3)O[C@H]2CO)cc1. The van der Waals surface area contributed by atoms with E-state index < -0.39 is 34.9 Å². The normalized spacial score (nSPS) is 20.6. The lowest BCUT2D eigenvalue weighted by atomic mass is 10.1. The Kier molecular flexibility index (Phi) is 8.40. The van der Waals surface area contributed by atoms with Gasteiger partial charge in [-0.2, -0.15) is 0 Å². The predicted molar refractivity (Wildman–Crippen MR) is 120 cm³/mol. The zero-order valence-electron chi connectivity index (χ0n) is 17.8. The highest BCUT2D eigenvalue weighted by molar-refractivity contribution is 7.89. The molecule has 0 saturated carbocycles. The molecular formula is C23H28N2O6S. The first-order chi connectivity index (χ1) is 15.4. The van der Waals surface area contributed by atoms with Crippen molar-refractivity contribution in [3.63, 3.8) is 0 Å². The molecule has 0 unspecified atom stereocenters. The molecule has 2 aromatic rings. The summed E-state index contributed by atoms with van der Waals surface area (Å²) in [5.41, 5.74) is 1.13. The van der Waals surface area contributed by atoms with Crippen LogP contribution in [0.3, 0.4) is 0 Å². The van der Waals surface area contributed by atoms with E-state index in [1.54, 1.807) is 24.3 Å². The Hall–Kier alpha value is -2.72. The number of rotatable bonds is 10. The summed E-state index contributed by atoms with van der Waals surface area (Å²) >= 11 is 0. The Morgan fingerprint density at radius 2 is 1.81 bits per heavy atom. The molecule has 172 valence electrons. The summed E-state index contributed by atoms with van der Waals surface area (Å²) in [5.74, 6) is 0.368. The van der Waals surface area contributed by atoms with Gasteiger partial charge in [-0.15, -0.1) is 0 Å². The smallest absolute Gasteiger partial charge is 0.241 e. The van der Waals surface area contributed by atoms with E-state index in [4.69, 9.17) is 9.47 Å². The second-order valence-corrected chi connectivity index (χ2v) is 9.11. The van der Waals surface area contributed by atoms with Crippen molar-refractivity contribution in [1.82, 2.24) is 10.0 Å². The number of aliphatic hydroxyl groups excluding tert-OH is 1. The van der Waals surface area contributed by atoms with Gasteiger partial charge in [-0.05, 0) is 36.2 Å². The maximum Gasteiger partial charge on any atom is 0.241 e. The summed E-state index contributed by atoms with van der Waals surface area (Å²) in [4.78, 5) is 12.3. The lowest BCUT2D eigenvalue weighted by Crippen LogP contribution is -2.49. The summed E-state index contributed by atoms with van der Waals surface area (Å²) in [6.07, 6.45) is 2.71. The van der Waals surface area contributed by atoms with Crippen LogP contribution in [0.15, 0.2) is 71.6 Å². The van der Waals surface area contributed by atoms with E-state index in [9.17, 15) is 18.3 Å². The van der Waals surface area contributed by atoms with Gasteiger partial charge in [-0.3, -0.25) is 4.79 Å². The van der Waals surface area contributed by atoms with Gasteiger partial charge in [-0.1, -0.05) is 42.5 Å². The van der Waals surface area contributed by atoms with Crippen molar-refractivity contribution in [3.8, 4) is 5.75 Å². The monoisotopic (exact) mass is 460 g/mol. The molecule has 0 radical (unpaired) electrons. The molecule has 0 bridgehead atoms. The van der Waals surface area contributed by atoms with Crippen LogP contribution in [0.4, 0.5) is 0 Å². The average Bonchev–Trinajstić information content (AvgIpc) is 2.80. The molecule has 2 aromatic carbocycles. The van der Waals surface area contributed by atoms with Gasteiger partial charge in [-0.25, -0.2) is 13.1 Å². The minimum atomic E-state index is -3.83. The van der Waals surface area contributed by atoms with E-state index >= 15 is 0 Å². The Bertz CT molecular complexity index is 1010. The third kappa shape index (κ3) is 6.64. The molecule has 3 atom stereocenters. The van der Waals surface area contributed by atoms with Crippen LogP contribution in [0.1, 0.15) is 12.0 Å². The van der Waals surface area contributed by atoms with Crippen LogP contribution in [0.5, 0.6) is 5.75 Å². The molecule has 0 aromatic heterocycles. The largest absolute Gasteiger partial charge is 0.497 e. The maximum atomic E-state index is 12.7. The highest BCUT2D eigenvalue weighted by Gasteiger charge is 2.31. The van der Waals surface area contributed by atoms with E-state index in [1.807, 2.05) is 30.3 Å². The van der Waals surface area contributed by atoms with Gasteiger partial charge in [0.2, 0.25) is 15.9 Å². The van der Waals surface area contributed by atoms with E-state index in [0.717, 1.165) is 12.0 Å². The molecule has 9 heteroatoms. The van der Waals surface area contributed by atoms with Gasteiger partial charge < -0.3 is 19.9 Å². The molecule has 32 heavy (non-hydrogen) atoms. The third-order valence-corrected chi connectivity index (χ3v) is 6.56. The van der Waals surface area contributed by atoms with Crippen molar-refractivity contribution >= 4 is 15.9 Å². The molecule has 0 aliphatic carbocycles. The molecule has 1 aliphatic rings. The predicted octanol–water partition coefficient (Wildman–Crippen LogP) is 1.41. The van der Waals surface area contributed by atoms with E-state index in [1.165, 1.54) is 19.2 Å². The fraction of sp³-hybridized carbons (Fsp3) is 0.348.